The molecule has 2 aromatic carbocycles. The van der Waals surface area contributed by atoms with Crippen LogP contribution in [0.15, 0.2) is 59.7 Å². The van der Waals surface area contributed by atoms with Crippen LogP contribution in [0, 0.1) is 0 Å². The molecule has 0 unspecified atom stereocenters. The third-order valence-corrected chi connectivity index (χ3v) is 10.0. The molecule has 5 aromatic rings. The summed E-state index contributed by atoms with van der Waals surface area (Å²) in [6, 6.07) is 7.70. The molecule has 234 valence electrons. The van der Waals surface area contributed by atoms with Crippen molar-refractivity contribution in [3.63, 3.8) is 0 Å². The number of rotatable bonds is 8. The van der Waals surface area contributed by atoms with Crippen LogP contribution in [0.3, 0.4) is 0 Å². The number of nitrogens with zero attached hydrogens (tertiary/aromatic N) is 7. The van der Waals surface area contributed by atoms with E-state index in [2.05, 4.69) is 51.5 Å². The van der Waals surface area contributed by atoms with Gasteiger partial charge in [-0.2, -0.15) is 10.1 Å². The highest BCUT2D eigenvalue weighted by molar-refractivity contribution is 9.10. The summed E-state index contributed by atoms with van der Waals surface area (Å²) in [5, 5.41) is 22.2. The van der Waals surface area contributed by atoms with Crippen LogP contribution < -0.4 is 25.6 Å². The van der Waals surface area contributed by atoms with E-state index in [1.54, 1.807) is 43.7 Å². The van der Waals surface area contributed by atoms with Crippen LogP contribution in [-0.4, -0.2) is 74.0 Å². The summed E-state index contributed by atoms with van der Waals surface area (Å²) in [5.41, 5.74) is 4.79. The molecular weight excluding hydrogens is 657 g/mol. The van der Waals surface area contributed by atoms with E-state index in [-0.39, 0.29) is 0 Å². The van der Waals surface area contributed by atoms with Gasteiger partial charge in [0.15, 0.2) is 0 Å². The molecule has 12 nitrogen and oxygen atoms in total. The van der Waals surface area contributed by atoms with Crippen molar-refractivity contribution in [2.45, 2.75) is 25.4 Å². The number of aryl methyl sites for hydroxylation is 1. The van der Waals surface area contributed by atoms with Gasteiger partial charge in [0.1, 0.15) is 24.2 Å². The SMILES string of the molecule is COc1cc(N2CCC(C)(O)CC2)c(-c2cnn(C)c2)cc1Nc1ncc(Br)c(Nc2ccc3nccnc3c2P(C)(C)=O)n1. The first-order chi connectivity index (χ1) is 21.4. The van der Waals surface area contributed by atoms with Crippen LogP contribution in [0.1, 0.15) is 19.8 Å². The standard InChI is InChI=1S/C31H35BrN9O3P/c1-31(42)8-12-41(13-9-31)25-15-26(44-3)24(14-20(25)19-16-36-40(2)18-19)38-30-35-17-21(32)29(39-30)37-23-7-6-22-27(34-11-10-33-22)28(23)45(4,5)43/h6-7,10-11,14-18,42H,8-9,12-13H2,1-5H3,(H2,35,37,38,39). The predicted molar refractivity (Wildman–Crippen MR) is 182 cm³/mol. The van der Waals surface area contributed by atoms with Crippen LogP contribution in [-0.2, 0) is 11.6 Å². The topological polar surface area (TPSA) is 143 Å². The average molecular weight is 693 g/mol. The van der Waals surface area contributed by atoms with E-state index < -0.39 is 12.7 Å². The van der Waals surface area contributed by atoms with Crippen molar-refractivity contribution in [1.82, 2.24) is 29.7 Å². The highest BCUT2D eigenvalue weighted by Gasteiger charge is 2.29. The molecule has 3 N–H and O–H groups in total. The minimum absolute atomic E-state index is 0.330. The molecule has 4 heterocycles. The second-order valence-electron chi connectivity index (χ2n) is 11.8. The van der Waals surface area contributed by atoms with E-state index in [0.29, 0.717) is 75.6 Å². The Hall–Kier alpha value is -4.06. The van der Waals surface area contributed by atoms with Crippen molar-refractivity contribution in [2.75, 3.05) is 49.1 Å². The summed E-state index contributed by atoms with van der Waals surface area (Å²) >= 11 is 3.56. The Morgan fingerprint density at radius 2 is 1.80 bits per heavy atom. The lowest BCUT2D eigenvalue weighted by Gasteiger charge is -2.38. The number of ether oxygens (including phenoxy) is 1. The van der Waals surface area contributed by atoms with E-state index >= 15 is 0 Å². The van der Waals surface area contributed by atoms with Crippen molar-refractivity contribution in [2.24, 2.45) is 7.05 Å². The Morgan fingerprint density at radius 3 is 2.49 bits per heavy atom. The average Bonchev–Trinajstić information content (AvgIpc) is 3.44. The summed E-state index contributed by atoms with van der Waals surface area (Å²) in [6.45, 7) is 6.74. The zero-order valence-corrected chi connectivity index (χ0v) is 28.2. The van der Waals surface area contributed by atoms with Crippen LogP contribution in [0.25, 0.3) is 22.2 Å². The predicted octanol–water partition coefficient (Wildman–Crippen LogP) is 5.68. The highest BCUT2D eigenvalue weighted by atomic mass is 79.9. The second kappa shape index (κ2) is 12.0. The molecule has 0 radical (unpaired) electrons. The van der Waals surface area contributed by atoms with Gasteiger partial charge in [-0.25, -0.2) is 4.98 Å². The number of hydrogen-bond acceptors (Lipinski definition) is 11. The van der Waals surface area contributed by atoms with Gasteiger partial charge >= 0.3 is 0 Å². The van der Waals surface area contributed by atoms with Crippen molar-refractivity contribution < 1.29 is 14.4 Å². The molecule has 0 saturated carbocycles. The molecule has 1 fully saturated rings. The third kappa shape index (κ3) is 6.51. The Labute approximate surface area is 269 Å². The first-order valence-electron chi connectivity index (χ1n) is 14.5. The minimum Gasteiger partial charge on any atom is -0.494 e. The number of piperidine rings is 1. The molecule has 1 aliphatic heterocycles. The maximum absolute atomic E-state index is 13.4. The summed E-state index contributed by atoms with van der Waals surface area (Å²) in [6.07, 6.45) is 10.0. The van der Waals surface area contributed by atoms with Crippen molar-refractivity contribution in [3.05, 3.63) is 59.7 Å². The van der Waals surface area contributed by atoms with Gasteiger partial charge in [-0.15, -0.1) is 0 Å². The van der Waals surface area contributed by atoms with Crippen molar-refractivity contribution in [1.29, 1.82) is 0 Å². The summed E-state index contributed by atoms with van der Waals surface area (Å²) in [5.74, 6) is 1.43. The van der Waals surface area contributed by atoms with Gasteiger partial charge in [0, 0.05) is 67.8 Å². The second-order valence-corrected chi connectivity index (χ2v) is 15.8. The molecule has 0 spiro atoms. The fourth-order valence-corrected chi connectivity index (χ4v) is 7.23. The first-order valence-corrected chi connectivity index (χ1v) is 17.9. The largest absolute Gasteiger partial charge is 0.494 e. The Balaban J connectivity index is 1.37. The number of methoxy groups -OCH3 is 1. The minimum atomic E-state index is -2.77. The lowest BCUT2D eigenvalue weighted by molar-refractivity contribution is 0.0351. The maximum Gasteiger partial charge on any atom is 0.229 e. The molecule has 45 heavy (non-hydrogen) atoms. The van der Waals surface area contributed by atoms with Crippen LogP contribution >= 0.6 is 23.1 Å². The lowest BCUT2D eigenvalue weighted by atomic mass is 9.92. The molecular formula is C31H35BrN9O3P. The van der Waals surface area contributed by atoms with Gasteiger partial charge in [0.05, 0.1) is 45.6 Å². The first kappa shape index (κ1) is 30.9. The van der Waals surface area contributed by atoms with Gasteiger partial charge in [-0.05, 0) is 67.2 Å². The summed E-state index contributed by atoms with van der Waals surface area (Å²) < 4.78 is 21.7. The highest BCUT2D eigenvalue weighted by Crippen LogP contribution is 2.43. The maximum atomic E-state index is 13.4. The van der Waals surface area contributed by atoms with Gasteiger partial charge in [-0.1, -0.05) is 0 Å². The van der Waals surface area contributed by atoms with Crippen LogP contribution in [0.5, 0.6) is 5.75 Å². The summed E-state index contributed by atoms with van der Waals surface area (Å²) in [7, 11) is 0.746. The van der Waals surface area contributed by atoms with E-state index in [4.69, 9.17) is 9.72 Å². The third-order valence-electron chi connectivity index (χ3n) is 7.91. The zero-order valence-electron chi connectivity index (χ0n) is 25.7. The van der Waals surface area contributed by atoms with Crippen LogP contribution in [0.2, 0.25) is 0 Å². The number of aromatic nitrogens is 6. The van der Waals surface area contributed by atoms with E-state index in [9.17, 15) is 9.67 Å². The van der Waals surface area contributed by atoms with Gasteiger partial charge in [-0.3, -0.25) is 14.6 Å². The molecule has 0 amide bonds. The molecule has 1 aliphatic rings. The lowest BCUT2D eigenvalue weighted by Crippen LogP contribution is -2.42. The number of hydrogen-bond donors (Lipinski definition) is 3. The number of anilines is 5. The van der Waals surface area contributed by atoms with Crippen molar-refractivity contribution in [3.8, 4) is 16.9 Å². The number of fused-ring (bicyclic) bond motifs is 1. The van der Waals surface area contributed by atoms with Gasteiger partial charge in [0.2, 0.25) is 5.95 Å². The van der Waals surface area contributed by atoms with Crippen LogP contribution in [0.4, 0.5) is 28.8 Å². The van der Waals surface area contributed by atoms with Crippen molar-refractivity contribution >= 4 is 68.2 Å². The molecule has 14 heteroatoms. The molecule has 6 rings (SSSR count). The Kier molecular flexibility index (Phi) is 8.28. The molecule has 3 aromatic heterocycles. The smallest absolute Gasteiger partial charge is 0.229 e. The number of benzene rings is 2. The number of halogens is 1. The monoisotopic (exact) mass is 691 g/mol. The molecule has 0 aliphatic carbocycles. The molecule has 0 bridgehead atoms. The zero-order chi connectivity index (χ0) is 31.9. The fraction of sp³-hybridized carbons (Fsp3) is 0.323. The number of aliphatic hydroxyl groups is 1. The number of nitrogens with one attached hydrogen (secondary N) is 2. The molecule has 1 saturated heterocycles. The van der Waals surface area contributed by atoms with E-state index in [1.165, 1.54) is 0 Å². The van der Waals surface area contributed by atoms with Gasteiger partial charge in [0.25, 0.3) is 0 Å². The van der Waals surface area contributed by atoms with E-state index in [0.717, 1.165) is 16.8 Å². The fourth-order valence-electron chi connectivity index (χ4n) is 5.55. The Bertz CT molecular complexity index is 1930. The Morgan fingerprint density at radius 1 is 1.04 bits per heavy atom. The molecule has 0 atom stereocenters. The normalized spacial score (nSPS) is 14.9. The van der Waals surface area contributed by atoms with E-state index in [1.807, 2.05) is 50.6 Å². The quantitative estimate of drug-likeness (QED) is 0.173. The van der Waals surface area contributed by atoms with Gasteiger partial charge < -0.3 is 29.9 Å². The summed E-state index contributed by atoms with van der Waals surface area (Å²) in [4.78, 5) is 20.4.